The van der Waals surface area contributed by atoms with Gasteiger partial charge in [0.25, 0.3) is 0 Å². The number of aryl methyl sites for hydroxylation is 1. The molecule has 5 nitrogen and oxygen atoms in total. The summed E-state index contributed by atoms with van der Waals surface area (Å²) in [5, 5.41) is 0. The molecule has 0 aliphatic carbocycles. The van der Waals surface area contributed by atoms with Crippen LogP contribution in [-0.4, -0.2) is 53.9 Å². The first-order valence-electron chi connectivity index (χ1n) is 8.72. The molecule has 1 saturated heterocycles. The zero-order valence-electron chi connectivity index (χ0n) is 15.0. The van der Waals surface area contributed by atoms with Gasteiger partial charge >= 0.3 is 0 Å². The van der Waals surface area contributed by atoms with Crippen molar-refractivity contribution in [3.8, 4) is 0 Å². The van der Waals surface area contributed by atoms with Crippen molar-refractivity contribution in [1.29, 1.82) is 0 Å². The minimum absolute atomic E-state index is 0.242. The molecule has 0 radical (unpaired) electrons. The quantitative estimate of drug-likeness (QED) is 0.902. The highest BCUT2D eigenvalue weighted by Crippen LogP contribution is 2.39. The molecule has 0 saturated carbocycles. The van der Waals surface area contributed by atoms with E-state index in [4.69, 9.17) is 5.73 Å². The normalized spacial score (nSPS) is 18.6. The standard InChI is InChI=1S/C20H26N4O/c1-16-5-3-6-17(13-16)20(14-19(21)25,18-7-4-8-22-15-18)24-11-9-23(2)10-12-24/h3-8,13,15H,9-12,14H2,1-2H3,(H2,21,25). The number of rotatable bonds is 5. The van der Waals surface area contributed by atoms with Gasteiger partial charge in [-0.3, -0.25) is 14.7 Å². The predicted octanol–water partition coefficient (Wildman–Crippen LogP) is 1.76. The van der Waals surface area contributed by atoms with Crippen LogP contribution in [0.3, 0.4) is 0 Å². The van der Waals surface area contributed by atoms with Crippen molar-refractivity contribution in [3.63, 3.8) is 0 Å². The van der Waals surface area contributed by atoms with E-state index < -0.39 is 5.54 Å². The topological polar surface area (TPSA) is 62.5 Å². The van der Waals surface area contributed by atoms with E-state index in [-0.39, 0.29) is 12.3 Å². The second-order valence-corrected chi connectivity index (χ2v) is 6.90. The van der Waals surface area contributed by atoms with Gasteiger partial charge in [0.15, 0.2) is 0 Å². The van der Waals surface area contributed by atoms with Gasteiger partial charge in [-0.1, -0.05) is 35.9 Å². The number of hydrogen-bond donors (Lipinski definition) is 1. The summed E-state index contributed by atoms with van der Waals surface area (Å²) in [6.45, 7) is 5.77. The second-order valence-electron chi connectivity index (χ2n) is 6.90. The lowest BCUT2D eigenvalue weighted by Gasteiger charge is -2.47. The van der Waals surface area contributed by atoms with Gasteiger partial charge in [0.2, 0.25) is 5.91 Å². The summed E-state index contributed by atoms with van der Waals surface area (Å²) in [5.74, 6) is -0.302. The maximum Gasteiger partial charge on any atom is 0.219 e. The highest BCUT2D eigenvalue weighted by atomic mass is 16.1. The second kappa shape index (κ2) is 7.33. The Balaban J connectivity index is 2.18. The van der Waals surface area contributed by atoms with Gasteiger partial charge in [-0.2, -0.15) is 0 Å². The van der Waals surface area contributed by atoms with Crippen molar-refractivity contribution in [2.75, 3.05) is 33.2 Å². The summed E-state index contributed by atoms with van der Waals surface area (Å²) in [6.07, 6.45) is 3.87. The van der Waals surface area contributed by atoms with E-state index in [1.54, 1.807) is 6.20 Å². The van der Waals surface area contributed by atoms with E-state index in [0.717, 1.165) is 37.3 Å². The third-order valence-corrected chi connectivity index (χ3v) is 5.11. The van der Waals surface area contributed by atoms with Crippen LogP contribution >= 0.6 is 0 Å². The van der Waals surface area contributed by atoms with E-state index in [1.165, 1.54) is 5.56 Å². The third kappa shape index (κ3) is 3.57. The zero-order chi connectivity index (χ0) is 17.9. The lowest BCUT2D eigenvalue weighted by atomic mass is 9.78. The molecule has 1 atom stereocenters. The Morgan fingerprint density at radius 1 is 1.16 bits per heavy atom. The maximum atomic E-state index is 12.1. The van der Waals surface area contributed by atoms with E-state index in [9.17, 15) is 4.79 Å². The van der Waals surface area contributed by atoms with Crippen LogP contribution in [0.4, 0.5) is 0 Å². The molecule has 2 N–H and O–H groups in total. The lowest BCUT2D eigenvalue weighted by Crippen LogP contribution is -2.56. The Kier molecular flexibility index (Phi) is 5.16. The number of nitrogens with two attached hydrogens (primary N) is 1. The summed E-state index contributed by atoms with van der Waals surface area (Å²) in [5.41, 5.74) is 8.44. The molecular weight excluding hydrogens is 312 g/mol. The Labute approximate surface area is 149 Å². The molecule has 2 heterocycles. The zero-order valence-corrected chi connectivity index (χ0v) is 15.0. The molecule has 0 spiro atoms. The fraction of sp³-hybridized carbons (Fsp3) is 0.400. The number of amides is 1. The lowest BCUT2D eigenvalue weighted by molar-refractivity contribution is -0.121. The third-order valence-electron chi connectivity index (χ3n) is 5.11. The molecule has 1 fully saturated rings. The number of hydrogen-bond acceptors (Lipinski definition) is 4. The molecule has 1 aromatic heterocycles. The van der Waals surface area contributed by atoms with Crippen molar-refractivity contribution in [3.05, 3.63) is 65.5 Å². The van der Waals surface area contributed by atoms with Gasteiger partial charge in [0, 0.05) is 38.6 Å². The smallest absolute Gasteiger partial charge is 0.219 e. The average molecular weight is 338 g/mol. The van der Waals surface area contributed by atoms with Crippen LogP contribution in [0.5, 0.6) is 0 Å². The van der Waals surface area contributed by atoms with Crippen molar-refractivity contribution in [2.45, 2.75) is 18.9 Å². The van der Waals surface area contributed by atoms with Gasteiger partial charge in [-0.15, -0.1) is 0 Å². The number of piperazine rings is 1. The number of benzene rings is 1. The number of carbonyl (C=O) groups is 1. The number of likely N-dealkylation sites (N-methyl/N-ethyl adjacent to an activating group) is 1. The number of pyridine rings is 1. The molecule has 132 valence electrons. The molecule has 1 unspecified atom stereocenters. The van der Waals surface area contributed by atoms with E-state index in [2.05, 4.69) is 53.0 Å². The first kappa shape index (κ1) is 17.6. The Morgan fingerprint density at radius 3 is 2.48 bits per heavy atom. The molecule has 1 aromatic carbocycles. The summed E-state index contributed by atoms with van der Waals surface area (Å²) >= 11 is 0. The van der Waals surface area contributed by atoms with Crippen molar-refractivity contribution in [2.24, 2.45) is 5.73 Å². The summed E-state index contributed by atoms with van der Waals surface area (Å²) in [7, 11) is 2.13. The molecule has 3 rings (SSSR count). The first-order chi connectivity index (χ1) is 12.0. The SMILES string of the molecule is Cc1cccc(C(CC(N)=O)(c2cccnc2)N2CCN(C)CC2)c1. The Morgan fingerprint density at radius 2 is 1.88 bits per heavy atom. The maximum absolute atomic E-state index is 12.1. The van der Waals surface area contributed by atoms with Crippen LogP contribution in [0.1, 0.15) is 23.1 Å². The van der Waals surface area contributed by atoms with Crippen molar-refractivity contribution in [1.82, 2.24) is 14.8 Å². The van der Waals surface area contributed by atoms with Crippen LogP contribution in [0.15, 0.2) is 48.8 Å². The van der Waals surface area contributed by atoms with Gasteiger partial charge in [-0.05, 0) is 31.2 Å². The Hall–Kier alpha value is -2.24. The molecular formula is C20H26N4O. The number of primary amides is 1. The molecule has 2 aromatic rings. The van der Waals surface area contributed by atoms with Crippen LogP contribution in [0, 0.1) is 6.92 Å². The van der Waals surface area contributed by atoms with Crippen LogP contribution in [-0.2, 0) is 10.3 Å². The molecule has 1 amide bonds. The van der Waals surface area contributed by atoms with Crippen LogP contribution in [0.25, 0.3) is 0 Å². The van der Waals surface area contributed by atoms with E-state index in [0.29, 0.717) is 0 Å². The number of carbonyl (C=O) groups excluding carboxylic acids is 1. The largest absolute Gasteiger partial charge is 0.370 e. The summed E-state index contributed by atoms with van der Waals surface area (Å²) in [4.78, 5) is 21.1. The number of aromatic nitrogens is 1. The molecule has 1 aliphatic heterocycles. The van der Waals surface area contributed by atoms with Crippen LogP contribution in [0.2, 0.25) is 0 Å². The Bertz CT molecular complexity index is 725. The molecule has 5 heteroatoms. The van der Waals surface area contributed by atoms with Gasteiger partial charge in [-0.25, -0.2) is 0 Å². The summed E-state index contributed by atoms with van der Waals surface area (Å²) in [6, 6.07) is 12.4. The number of nitrogens with zero attached hydrogens (tertiary/aromatic N) is 3. The van der Waals surface area contributed by atoms with Crippen molar-refractivity contribution < 1.29 is 4.79 Å². The highest BCUT2D eigenvalue weighted by molar-refractivity contribution is 5.76. The van der Waals surface area contributed by atoms with Crippen molar-refractivity contribution >= 4 is 5.91 Å². The van der Waals surface area contributed by atoms with E-state index >= 15 is 0 Å². The first-order valence-corrected chi connectivity index (χ1v) is 8.72. The van der Waals surface area contributed by atoms with Crippen LogP contribution < -0.4 is 5.73 Å². The summed E-state index contributed by atoms with van der Waals surface area (Å²) < 4.78 is 0. The van der Waals surface area contributed by atoms with Gasteiger partial charge in [0.05, 0.1) is 12.0 Å². The molecule has 1 aliphatic rings. The minimum Gasteiger partial charge on any atom is -0.370 e. The monoisotopic (exact) mass is 338 g/mol. The van der Waals surface area contributed by atoms with E-state index in [1.807, 2.05) is 18.3 Å². The van der Waals surface area contributed by atoms with Gasteiger partial charge < -0.3 is 10.6 Å². The molecule has 0 bridgehead atoms. The fourth-order valence-corrected chi connectivity index (χ4v) is 3.80. The fourth-order valence-electron chi connectivity index (χ4n) is 3.80. The highest BCUT2D eigenvalue weighted by Gasteiger charge is 2.42. The minimum atomic E-state index is -0.576. The molecule has 25 heavy (non-hydrogen) atoms. The predicted molar refractivity (Wildman–Crippen MR) is 99.1 cm³/mol. The average Bonchev–Trinajstić information content (AvgIpc) is 2.61. The van der Waals surface area contributed by atoms with Gasteiger partial charge in [0.1, 0.15) is 0 Å².